The lowest BCUT2D eigenvalue weighted by atomic mass is 10.2. The van der Waals surface area contributed by atoms with Gasteiger partial charge in [-0.2, -0.15) is 14.9 Å². The number of halogens is 1. The molecule has 5 nitrogen and oxygen atoms in total. The monoisotopic (exact) mass is 402 g/mol. The molecule has 0 radical (unpaired) electrons. The van der Waals surface area contributed by atoms with Crippen LogP contribution in [-0.2, 0) is 0 Å². The van der Waals surface area contributed by atoms with Crippen LogP contribution in [0.25, 0.3) is 11.4 Å². The van der Waals surface area contributed by atoms with E-state index < -0.39 is 0 Å². The van der Waals surface area contributed by atoms with Gasteiger partial charge in [0.2, 0.25) is 4.77 Å². The van der Waals surface area contributed by atoms with Crippen molar-refractivity contribution in [2.45, 2.75) is 6.92 Å². The highest BCUT2D eigenvalue weighted by atomic mass is 79.9. The lowest BCUT2D eigenvalue weighted by molar-refractivity contribution is 0.340. The molecule has 2 aromatic carbocycles. The first-order chi connectivity index (χ1) is 11.7. The summed E-state index contributed by atoms with van der Waals surface area (Å²) in [5.74, 6) is 1.42. The quantitative estimate of drug-likeness (QED) is 0.498. The predicted molar refractivity (Wildman–Crippen MR) is 101 cm³/mol. The summed E-state index contributed by atoms with van der Waals surface area (Å²) in [7, 11) is 0. The standard InChI is InChI=1S/C17H15BrN4OS/c1-2-23-15-10-6-3-7-12(15)11-19-22-16(20-21-17(22)24)13-8-4-5-9-14(13)18/h3-11H,2H2,1H3,(H,21,24)/b19-11+. The van der Waals surface area contributed by atoms with Gasteiger partial charge in [0.25, 0.3) is 0 Å². The zero-order valence-corrected chi connectivity index (χ0v) is 15.3. The molecular weight excluding hydrogens is 388 g/mol. The number of nitrogens with zero attached hydrogens (tertiary/aromatic N) is 3. The Morgan fingerprint density at radius 2 is 2.00 bits per heavy atom. The molecule has 0 spiro atoms. The van der Waals surface area contributed by atoms with E-state index in [0.29, 0.717) is 17.2 Å². The topological polar surface area (TPSA) is 55.2 Å². The van der Waals surface area contributed by atoms with Crippen molar-refractivity contribution in [1.29, 1.82) is 0 Å². The molecule has 0 fully saturated rings. The first kappa shape index (κ1) is 16.6. The van der Waals surface area contributed by atoms with E-state index in [-0.39, 0.29) is 0 Å². The summed E-state index contributed by atoms with van der Waals surface area (Å²) >= 11 is 8.83. The van der Waals surface area contributed by atoms with Gasteiger partial charge in [0.15, 0.2) is 5.82 Å². The van der Waals surface area contributed by atoms with Crippen LogP contribution in [0, 0.1) is 4.77 Å². The highest BCUT2D eigenvalue weighted by Crippen LogP contribution is 2.26. The number of para-hydroxylation sites is 1. The van der Waals surface area contributed by atoms with Gasteiger partial charge in [-0.3, -0.25) is 0 Å². The van der Waals surface area contributed by atoms with Gasteiger partial charge in [-0.25, -0.2) is 5.10 Å². The van der Waals surface area contributed by atoms with Crippen LogP contribution < -0.4 is 4.74 Å². The molecule has 1 heterocycles. The Labute approximate surface area is 153 Å². The molecule has 0 aliphatic heterocycles. The number of aromatic amines is 1. The highest BCUT2D eigenvalue weighted by Gasteiger charge is 2.11. The molecular formula is C17H15BrN4OS. The predicted octanol–water partition coefficient (Wildman–Crippen LogP) is 4.65. The minimum atomic E-state index is 0.422. The molecule has 0 atom stereocenters. The van der Waals surface area contributed by atoms with Gasteiger partial charge in [0.05, 0.1) is 12.8 Å². The molecule has 3 rings (SSSR count). The van der Waals surface area contributed by atoms with E-state index >= 15 is 0 Å². The lowest BCUT2D eigenvalue weighted by Crippen LogP contribution is -1.98. The maximum Gasteiger partial charge on any atom is 0.216 e. The van der Waals surface area contributed by atoms with Gasteiger partial charge < -0.3 is 4.74 Å². The molecule has 0 aliphatic rings. The first-order valence-electron chi connectivity index (χ1n) is 7.39. The van der Waals surface area contributed by atoms with Gasteiger partial charge in [0.1, 0.15) is 5.75 Å². The van der Waals surface area contributed by atoms with Crippen molar-refractivity contribution in [2.24, 2.45) is 5.10 Å². The van der Waals surface area contributed by atoms with Crippen LogP contribution >= 0.6 is 28.1 Å². The Hall–Kier alpha value is -2.25. The third kappa shape index (κ3) is 3.47. The van der Waals surface area contributed by atoms with Crippen molar-refractivity contribution >= 4 is 34.4 Å². The van der Waals surface area contributed by atoms with Crippen LogP contribution in [0.1, 0.15) is 12.5 Å². The van der Waals surface area contributed by atoms with Crippen LogP contribution in [0.4, 0.5) is 0 Å². The Balaban J connectivity index is 2.02. The lowest BCUT2D eigenvalue weighted by Gasteiger charge is -2.06. The smallest absolute Gasteiger partial charge is 0.216 e. The van der Waals surface area contributed by atoms with E-state index in [1.54, 1.807) is 10.9 Å². The summed E-state index contributed by atoms with van der Waals surface area (Å²) in [5.41, 5.74) is 1.78. The van der Waals surface area contributed by atoms with Crippen LogP contribution in [-0.4, -0.2) is 27.7 Å². The number of rotatable bonds is 5. The maximum atomic E-state index is 5.61. The van der Waals surface area contributed by atoms with Crippen LogP contribution in [0.5, 0.6) is 5.75 Å². The van der Waals surface area contributed by atoms with Gasteiger partial charge >= 0.3 is 0 Å². The fourth-order valence-corrected chi connectivity index (χ4v) is 2.85. The average Bonchev–Trinajstić information content (AvgIpc) is 2.95. The number of hydrogen-bond acceptors (Lipinski definition) is 4. The summed E-state index contributed by atoms with van der Waals surface area (Å²) in [5, 5.41) is 11.6. The largest absolute Gasteiger partial charge is 0.493 e. The first-order valence-corrected chi connectivity index (χ1v) is 8.59. The Bertz CT molecular complexity index is 932. The van der Waals surface area contributed by atoms with Crippen molar-refractivity contribution in [2.75, 3.05) is 6.61 Å². The number of ether oxygens (including phenoxy) is 1. The van der Waals surface area contributed by atoms with Crippen molar-refractivity contribution in [3.05, 3.63) is 63.3 Å². The van der Waals surface area contributed by atoms with E-state index in [9.17, 15) is 0 Å². The molecule has 0 amide bonds. The molecule has 0 saturated carbocycles. The second-order valence-corrected chi connectivity index (χ2v) is 6.10. The zero-order valence-electron chi connectivity index (χ0n) is 12.9. The summed E-state index contributed by atoms with van der Waals surface area (Å²) in [6.07, 6.45) is 1.72. The van der Waals surface area contributed by atoms with Gasteiger partial charge in [-0.05, 0) is 43.4 Å². The molecule has 7 heteroatoms. The van der Waals surface area contributed by atoms with Gasteiger partial charge in [-0.15, -0.1) is 0 Å². The third-order valence-corrected chi connectivity index (χ3v) is 4.25. The second kappa shape index (κ2) is 7.55. The van der Waals surface area contributed by atoms with E-state index in [0.717, 1.165) is 21.3 Å². The van der Waals surface area contributed by atoms with Crippen LogP contribution in [0.2, 0.25) is 0 Å². The number of benzene rings is 2. The molecule has 0 bridgehead atoms. The number of aromatic nitrogens is 3. The molecule has 122 valence electrons. The number of H-pyrrole nitrogens is 1. The molecule has 0 saturated heterocycles. The van der Waals surface area contributed by atoms with Crippen LogP contribution in [0.3, 0.4) is 0 Å². The Morgan fingerprint density at radius 1 is 1.25 bits per heavy atom. The second-order valence-electron chi connectivity index (χ2n) is 4.86. The molecule has 24 heavy (non-hydrogen) atoms. The van der Waals surface area contributed by atoms with Crippen molar-refractivity contribution in [3.8, 4) is 17.1 Å². The van der Waals surface area contributed by atoms with E-state index in [2.05, 4.69) is 31.2 Å². The van der Waals surface area contributed by atoms with E-state index in [1.165, 1.54) is 0 Å². The minimum absolute atomic E-state index is 0.422. The summed E-state index contributed by atoms with van der Waals surface area (Å²) in [6.45, 7) is 2.54. The van der Waals surface area contributed by atoms with Crippen molar-refractivity contribution in [1.82, 2.24) is 14.9 Å². The van der Waals surface area contributed by atoms with Gasteiger partial charge in [-0.1, -0.05) is 40.2 Å². The SMILES string of the molecule is CCOc1ccccc1/C=N/n1c(-c2ccccc2Br)n[nH]c1=S. The molecule has 1 aromatic heterocycles. The summed E-state index contributed by atoms with van der Waals surface area (Å²) < 4.78 is 8.55. The maximum absolute atomic E-state index is 5.61. The third-order valence-electron chi connectivity index (χ3n) is 3.30. The zero-order chi connectivity index (χ0) is 16.9. The fourth-order valence-electron chi connectivity index (χ4n) is 2.21. The number of hydrogen-bond donors (Lipinski definition) is 1. The summed E-state index contributed by atoms with van der Waals surface area (Å²) in [6, 6.07) is 15.5. The molecule has 1 N–H and O–H groups in total. The fraction of sp³-hybridized carbons (Fsp3) is 0.118. The molecule has 0 unspecified atom stereocenters. The van der Waals surface area contributed by atoms with E-state index in [1.807, 2.05) is 55.5 Å². The van der Waals surface area contributed by atoms with E-state index in [4.69, 9.17) is 17.0 Å². The average molecular weight is 403 g/mol. The molecule has 0 aliphatic carbocycles. The Kier molecular flexibility index (Phi) is 5.22. The van der Waals surface area contributed by atoms with Crippen molar-refractivity contribution < 1.29 is 4.74 Å². The summed E-state index contributed by atoms with van der Waals surface area (Å²) in [4.78, 5) is 0. The highest BCUT2D eigenvalue weighted by molar-refractivity contribution is 9.10. The van der Waals surface area contributed by atoms with Gasteiger partial charge in [0, 0.05) is 15.6 Å². The normalized spacial score (nSPS) is 11.1. The number of nitrogens with one attached hydrogen (secondary N) is 1. The van der Waals surface area contributed by atoms with Crippen molar-refractivity contribution in [3.63, 3.8) is 0 Å². The Morgan fingerprint density at radius 3 is 2.79 bits per heavy atom. The minimum Gasteiger partial charge on any atom is -0.493 e. The van der Waals surface area contributed by atoms with Crippen LogP contribution in [0.15, 0.2) is 58.1 Å². The molecule has 3 aromatic rings.